The zero-order valence-corrected chi connectivity index (χ0v) is 18.3. The fourth-order valence-electron chi connectivity index (χ4n) is 2.78. The third-order valence-corrected chi connectivity index (χ3v) is 6.22. The zero-order valence-electron chi connectivity index (χ0n) is 16.7. The first-order chi connectivity index (χ1) is 15.0. The lowest BCUT2D eigenvalue weighted by Gasteiger charge is -2.06. The van der Waals surface area contributed by atoms with Gasteiger partial charge in [-0.3, -0.25) is 14.9 Å². The molecule has 0 bridgehead atoms. The Labute approximate surface area is 186 Å². The van der Waals surface area contributed by atoms with Crippen molar-refractivity contribution >= 4 is 45.3 Å². The molecule has 0 aliphatic heterocycles. The van der Waals surface area contributed by atoms with Crippen LogP contribution in [0.2, 0.25) is 0 Å². The van der Waals surface area contributed by atoms with Crippen LogP contribution in [0, 0.1) is 6.92 Å². The fourth-order valence-corrected chi connectivity index (χ4v) is 4.29. The van der Waals surface area contributed by atoms with Gasteiger partial charge in [-0.1, -0.05) is 17.4 Å². The van der Waals surface area contributed by atoms with Crippen molar-refractivity contribution in [1.29, 1.82) is 0 Å². The summed E-state index contributed by atoms with van der Waals surface area (Å²) in [6.07, 6.45) is 0. The van der Waals surface area contributed by atoms with Crippen molar-refractivity contribution < 1.29 is 14.3 Å². The summed E-state index contributed by atoms with van der Waals surface area (Å²) in [4.78, 5) is 26.7. The normalized spacial score (nSPS) is 10.5. The van der Waals surface area contributed by atoms with Gasteiger partial charge in [0.2, 0.25) is 5.13 Å². The van der Waals surface area contributed by atoms with Crippen molar-refractivity contribution in [2.45, 2.75) is 6.92 Å². The molecule has 0 saturated heterocycles. The molecule has 2 aromatic heterocycles. The molecular formula is C22H18N4O3S2. The average Bonchev–Trinajstić information content (AvgIpc) is 3.43. The average molecular weight is 451 g/mol. The van der Waals surface area contributed by atoms with Crippen molar-refractivity contribution in [2.75, 3.05) is 17.7 Å². The summed E-state index contributed by atoms with van der Waals surface area (Å²) in [7, 11) is 1.61. The molecule has 0 saturated carbocycles. The van der Waals surface area contributed by atoms with Gasteiger partial charge in [-0.05, 0) is 61.5 Å². The summed E-state index contributed by atoms with van der Waals surface area (Å²) in [5, 5.41) is 14.8. The van der Waals surface area contributed by atoms with Crippen LogP contribution in [0.15, 0.2) is 60.7 Å². The number of amides is 2. The molecule has 4 rings (SSSR count). The molecular weight excluding hydrogens is 432 g/mol. The number of nitrogens with zero attached hydrogens (tertiary/aromatic N) is 2. The maximum absolute atomic E-state index is 12.7. The number of thiophene rings is 1. The number of aryl methyl sites for hydroxylation is 1. The number of methoxy groups -OCH3 is 1. The third kappa shape index (κ3) is 4.96. The molecule has 156 valence electrons. The Balaban J connectivity index is 1.43. The Morgan fingerprint density at radius 3 is 2.42 bits per heavy atom. The molecule has 0 radical (unpaired) electrons. The second kappa shape index (κ2) is 9.07. The van der Waals surface area contributed by atoms with Crippen LogP contribution in [0.25, 0.3) is 10.6 Å². The molecule has 0 atom stereocenters. The van der Waals surface area contributed by atoms with E-state index >= 15 is 0 Å². The molecule has 0 unspecified atom stereocenters. The van der Waals surface area contributed by atoms with E-state index in [1.807, 2.05) is 37.3 Å². The van der Waals surface area contributed by atoms with E-state index in [1.165, 1.54) is 22.7 Å². The number of carbonyl (C=O) groups is 2. The van der Waals surface area contributed by atoms with Gasteiger partial charge in [0.15, 0.2) is 0 Å². The van der Waals surface area contributed by atoms with Gasteiger partial charge in [-0.2, -0.15) is 0 Å². The zero-order chi connectivity index (χ0) is 21.8. The highest BCUT2D eigenvalue weighted by molar-refractivity contribution is 7.18. The molecule has 0 aliphatic rings. The minimum atomic E-state index is -0.333. The monoisotopic (exact) mass is 450 g/mol. The molecule has 2 N–H and O–H groups in total. The van der Waals surface area contributed by atoms with Gasteiger partial charge in [0.25, 0.3) is 11.8 Å². The summed E-state index contributed by atoms with van der Waals surface area (Å²) in [5.74, 6) is 0.215. The summed E-state index contributed by atoms with van der Waals surface area (Å²) in [5.41, 5.74) is 1.83. The highest BCUT2D eigenvalue weighted by Crippen LogP contribution is 2.28. The number of aromatic nitrogens is 2. The van der Waals surface area contributed by atoms with E-state index in [4.69, 9.17) is 4.74 Å². The van der Waals surface area contributed by atoms with Crippen molar-refractivity contribution in [3.8, 4) is 16.3 Å². The van der Waals surface area contributed by atoms with Crippen molar-refractivity contribution in [2.24, 2.45) is 0 Å². The minimum Gasteiger partial charge on any atom is -0.497 e. The van der Waals surface area contributed by atoms with E-state index in [0.29, 0.717) is 26.3 Å². The van der Waals surface area contributed by atoms with Gasteiger partial charge in [0.05, 0.1) is 12.0 Å². The SMILES string of the molecule is COc1ccc(-c2nnc(NC(=O)c3cccc(NC(=O)c4ccc(C)s4)c3)s2)cc1. The Bertz CT molecular complexity index is 1230. The summed E-state index contributed by atoms with van der Waals surface area (Å²) >= 11 is 2.69. The van der Waals surface area contributed by atoms with E-state index in [1.54, 1.807) is 37.4 Å². The van der Waals surface area contributed by atoms with Crippen molar-refractivity contribution in [3.05, 3.63) is 76.0 Å². The first kappa shape index (κ1) is 20.7. The van der Waals surface area contributed by atoms with E-state index in [-0.39, 0.29) is 11.8 Å². The molecule has 9 heteroatoms. The van der Waals surface area contributed by atoms with E-state index in [0.717, 1.165) is 16.2 Å². The Morgan fingerprint density at radius 1 is 0.903 bits per heavy atom. The summed E-state index contributed by atoms with van der Waals surface area (Å²) in [6.45, 7) is 1.94. The van der Waals surface area contributed by atoms with Crippen LogP contribution < -0.4 is 15.4 Å². The second-order valence-corrected chi connectivity index (χ2v) is 8.81. The first-order valence-electron chi connectivity index (χ1n) is 9.29. The summed E-state index contributed by atoms with van der Waals surface area (Å²) in [6, 6.07) is 17.9. The van der Waals surface area contributed by atoms with Gasteiger partial charge in [0.1, 0.15) is 10.8 Å². The van der Waals surface area contributed by atoms with Crippen LogP contribution >= 0.6 is 22.7 Å². The Morgan fingerprint density at radius 2 is 1.71 bits per heavy atom. The van der Waals surface area contributed by atoms with Gasteiger partial charge < -0.3 is 10.1 Å². The predicted molar refractivity (Wildman–Crippen MR) is 123 cm³/mol. The van der Waals surface area contributed by atoms with Gasteiger partial charge >= 0.3 is 0 Å². The lowest BCUT2D eigenvalue weighted by molar-refractivity contribution is 0.101. The van der Waals surface area contributed by atoms with Crippen molar-refractivity contribution in [3.63, 3.8) is 0 Å². The van der Waals surface area contributed by atoms with E-state index < -0.39 is 0 Å². The number of benzene rings is 2. The van der Waals surface area contributed by atoms with Crippen LogP contribution in [0.1, 0.15) is 24.9 Å². The first-order valence-corrected chi connectivity index (χ1v) is 10.9. The van der Waals surface area contributed by atoms with Crippen LogP contribution in [0.4, 0.5) is 10.8 Å². The standard InChI is InChI=1S/C22H18N4O3S2/c1-13-6-11-18(30-13)20(28)23-16-5-3-4-15(12-16)19(27)24-22-26-25-21(31-22)14-7-9-17(29-2)10-8-14/h3-12H,1-2H3,(H,23,28)(H,24,26,27). The maximum Gasteiger partial charge on any atom is 0.265 e. The van der Waals surface area contributed by atoms with Crippen LogP contribution in [0.3, 0.4) is 0 Å². The number of rotatable bonds is 6. The predicted octanol–water partition coefficient (Wildman–Crippen LogP) is 5.09. The van der Waals surface area contributed by atoms with Gasteiger partial charge in [0, 0.05) is 21.7 Å². The smallest absolute Gasteiger partial charge is 0.265 e. The molecule has 2 amide bonds. The quantitative estimate of drug-likeness (QED) is 0.427. The minimum absolute atomic E-state index is 0.205. The largest absolute Gasteiger partial charge is 0.497 e. The number of carbonyl (C=O) groups excluding carboxylic acids is 2. The molecule has 0 fully saturated rings. The number of anilines is 2. The molecule has 2 heterocycles. The molecule has 0 spiro atoms. The summed E-state index contributed by atoms with van der Waals surface area (Å²) < 4.78 is 5.16. The number of hydrogen-bond donors (Lipinski definition) is 2. The molecule has 7 nitrogen and oxygen atoms in total. The van der Waals surface area contributed by atoms with Crippen LogP contribution in [-0.4, -0.2) is 29.1 Å². The van der Waals surface area contributed by atoms with Gasteiger partial charge in [-0.15, -0.1) is 21.5 Å². The molecule has 2 aromatic carbocycles. The lowest BCUT2D eigenvalue weighted by Crippen LogP contribution is -2.14. The highest BCUT2D eigenvalue weighted by atomic mass is 32.1. The van der Waals surface area contributed by atoms with Crippen molar-refractivity contribution in [1.82, 2.24) is 10.2 Å². The van der Waals surface area contributed by atoms with Gasteiger partial charge in [-0.25, -0.2) is 0 Å². The third-order valence-electron chi connectivity index (χ3n) is 4.33. The number of nitrogens with one attached hydrogen (secondary N) is 2. The lowest BCUT2D eigenvalue weighted by atomic mass is 10.2. The van der Waals surface area contributed by atoms with E-state index in [9.17, 15) is 9.59 Å². The number of hydrogen-bond acceptors (Lipinski definition) is 7. The maximum atomic E-state index is 12.7. The topological polar surface area (TPSA) is 93.2 Å². The van der Waals surface area contributed by atoms with Crippen LogP contribution in [0.5, 0.6) is 5.75 Å². The second-order valence-electron chi connectivity index (χ2n) is 6.54. The molecule has 0 aliphatic carbocycles. The Hall–Kier alpha value is -3.56. The highest BCUT2D eigenvalue weighted by Gasteiger charge is 2.13. The fraction of sp³-hybridized carbons (Fsp3) is 0.0909. The molecule has 31 heavy (non-hydrogen) atoms. The van der Waals surface area contributed by atoms with E-state index in [2.05, 4.69) is 20.8 Å². The Kier molecular flexibility index (Phi) is 6.06. The molecule has 4 aromatic rings. The van der Waals surface area contributed by atoms with Crippen LogP contribution in [-0.2, 0) is 0 Å². The number of ether oxygens (including phenoxy) is 1.